The minimum atomic E-state index is -0.491. The smallest absolute Gasteiger partial charge is 0.0265 e. The summed E-state index contributed by atoms with van der Waals surface area (Å²) in [5.74, 6) is 3.36. The molecule has 0 aromatic carbocycles. The normalized spacial score (nSPS) is 34.7. The Bertz CT molecular complexity index is 131. The first-order chi connectivity index (χ1) is 4.70. The summed E-state index contributed by atoms with van der Waals surface area (Å²) in [7, 11) is -0.491. The molecular weight excluding hydrogens is 144 g/mol. The van der Waals surface area contributed by atoms with Crippen LogP contribution in [0.4, 0.5) is 0 Å². The van der Waals surface area contributed by atoms with E-state index in [4.69, 9.17) is 0 Å². The fraction of sp³-hybridized carbons (Fsp3) is 1.00. The number of hydrogen-bond acceptors (Lipinski definition) is 1. The second-order valence-electron chi connectivity index (χ2n) is 3.46. The summed E-state index contributed by atoms with van der Waals surface area (Å²) < 4.78 is 11.1. The van der Waals surface area contributed by atoms with Gasteiger partial charge in [0.2, 0.25) is 0 Å². The van der Waals surface area contributed by atoms with E-state index in [9.17, 15) is 4.21 Å². The molecule has 0 aromatic heterocycles. The molecule has 1 saturated heterocycles. The summed E-state index contributed by atoms with van der Waals surface area (Å²) in [5, 5.41) is 0. The predicted molar refractivity (Wildman–Crippen MR) is 45.4 cm³/mol. The van der Waals surface area contributed by atoms with Crippen molar-refractivity contribution in [2.24, 2.45) is 11.8 Å². The molecule has 2 heteroatoms. The molecule has 2 unspecified atom stereocenters. The van der Waals surface area contributed by atoms with Gasteiger partial charge >= 0.3 is 0 Å². The van der Waals surface area contributed by atoms with E-state index < -0.39 is 10.8 Å². The van der Waals surface area contributed by atoms with E-state index in [0.717, 1.165) is 23.3 Å². The van der Waals surface area contributed by atoms with Crippen LogP contribution in [0.5, 0.6) is 0 Å². The molecule has 1 aliphatic rings. The second kappa shape index (κ2) is 3.51. The van der Waals surface area contributed by atoms with Crippen molar-refractivity contribution in [3.63, 3.8) is 0 Å². The molecule has 0 aliphatic carbocycles. The second-order valence-corrected chi connectivity index (χ2v) is 5.08. The Hall–Kier alpha value is 0.150. The van der Waals surface area contributed by atoms with Crippen LogP contribution in [0, 0.1) is 11.8 Å². The molecule has 2 atom stereocenters. The third-order valence-corrected chi connectivity index (χ3v) is 3.83. The van der Waals surface area contributed by atoms with E-state index in [1.807, 2.05) is 0 Å². The van der Waals surface area contributed by atoms with Gasteiger partial charge in [0.15, 0.2) is 0 Å². The first kappa shape index (κ1) is 8.25. The van der Waals surface area contributed by atoms with E-state index in [1.54, 1.807) is 0 Å². The van der Waals surface area contributed by atoms with Crippen molar-refractivity contribution in [3.8, 4) is 0 Å². The van der Waals surface area contributed by atoms with Gasteiger partial charge in [-0.2, -0.15) is 0 Å². The van der Waals surface area contributed by atoms with Crippen LogP contribution in [-0.4, -0.2) is 15.7 Å². The molecule has 1 heterocycles. The van der Waals surface area contributed by atoms with Crippen LogP contribution < -0.4 is 0 Å². The van der Waals surface area contributed by atoms with Gasteiger partial charge in [0, 0.05) is 22.3 Å². The van der Waals surface area contributed by atoms with Crippen LogP contribution in [0.2, 0.25) is 0 Å². The Morgan fingerprint density at radius 1 is 1.50 bits per heavy atom. The van der Waals surface area contributed by atoms with Crippen molar-refractivity contribution < 1.29 is 4.21 Å². The standard InChI is InChI=1S/C8H16OS/c1-7(2)8-4-3-5-10(9)6-8/h7-8H,3-6H2,1-2H3. The molecule has 0 spiro atoms. The fourth-order valence-corrected chi connectivity index (χ4v) is 3.12. The topological polar surface area (TPSA) is 17.1 Å². The largest absolute Gasteiger partial charge is 0.260 e. The van der Waals surface area contributed by atoms with Gasteiger partial charge in [-0.15, -0.1) is 0 Å². The summed E-state index contributed by atoms with van der Waals surface area (Å²) in [4.78, 5) is 0. The van der Waals surface area contributed by atoms with Crippen molar-refractivity contribution in [3.05, 3.63) is 0 Å². The van der Waals surface area contributed by atoms with Gasteiger partial charge in [-0.25, -0.2) is 0 Å². The third kappa shape index (κ3) is 2.08. The lowest BCUT2D eigenvalue weighted by atomic mass is 9.93. The Morgan fingerprint density at radius 3 is 2.60 bits per heavy atom. The molecule has 0 bridgehead atoms. The van der Waals surface area contributed by atoms with Gasteiger partial charge in [-0.1, -0.05) is 13.8 Å². The van der Waals surface area contributed by atoms with Crippen molar-refractivity contribution in [2.45, 2.75) is 26.7 Å². The zero-order valence-corrected chi connectivity index (χ0v) is 7.62. The van der Waals surface area contributed by atoms with Crippen molar-refractivity contribution in [1.82, 2.24) is 0 Å². The molecule has 1 rings (SSSR count). The first-order valence-electron chi connectivity index (χ1n) is 4.05. The van der Waals surface area contributed by atoms with Gasteiger partial charge in [-0.3, -0.25) is 4.21 Å². The molecule has 0 aromatic rings. The van der Waals surface area contributed by atoms with Gasteiger partial charge in [0.25, 0.3) is 0 Å². The quantitative estimate of drug-likeness (QED) is 0.571. The van der Waals surface area contributed by atoms with Crippen LogP contribution in [-0.2, 0) is 10.8 Å². The molecule has 1 nitrogen and oxygen atoms in total. The van der Waals surface area contributed by atoms with Gasteiger partial charge < -0.3 is 0 Å². The maximum absolute atomic E-state index is 11.1. The molecule has 0 radical (unpaired) electrons. The summed E-state index contributed by atoms with van der Waals surface area (Å²) in [6, 6.07) is 0. The molecule has 1 aliphatic heterocycles. The Balaban J connectivity index is 2.39. The van der Waals surface area contributed by atoms with Crippen molar-refractivity contribution in [2.75, 3.05) is 11.5 Å². The zero-order valence-electron chi connectivity index (χ0n) is 6.80. The maximum Gasteiger partial charge on any atom is 0.0265 e. The molecule has 0 amide bonds. The zero-order chi connectivity index (χ0) is 7.56. The van der Waals surface area contributed by atoms with Crippen LogP contribution in [0.1, 0.15) is 26.7 Å². The first-order valence-corrected chi connectivity index (χ1v) is 5.54. The fourth-order valence-electron chi connectivity index (χ4n) is 1.44. The summed E-state index contributed by atoms with van der Waals surface area (Å²) >= 11 is 0. The van der Waals surface area contributed by atoms with Crippen LogP contribution in [0.15, 0.2) is 0 Å². The summed E-state index contributed by atoms with van der Waals surface area (Å²) in [6.45, 7) is 4.46. The van der Waals surface area contributed by atoms with E-state index in [-0.39, 0.29) is 0 Å². The number of hydrogen-bond donors (Lipinski definition) is 0. The number of rotatable bonds is 1. The van der Waals surface area contributed by atoms with Gasteiger partial charge in [0.05, 0.1) is 0 Å². The van der Waals surface area contributed by atoms with Gasteiger partial charge in [-0.05, 0) is 24.7 Å². The average molecular weight is 160 g/mol. The van der Waals surface area contributed by atoms with Crippen LogP contribution in [0.25, 0.3) is 0 Å². The summed E-state index contributed by atoms with van der Waals surface area (Å²) in [6.07, 6.45) is 2.47. The Kier molecular flexibility index (Phi) is 2.90. The van der Waals surface area contributed by atoms with Crippen molar-refractivity contribution >= 4 is 10.8 Å². The minimum absolute atomic E-state index is 0.491. The van der Waals surface area contributed by atoms with Gasteiger partial charge in [0.1, 0.15) is 0 Å². The molecule has 1 fully saturated rings. The molecule has 60 valence electrons. The minimum Gasteiger partial charge on any atom is -0.260 e. The maximum atomic E-state index is 11.1. The highest BCUT2D eigenvalue weighted by Gasteiger charge is 2.20. The summed E-state index contributed by atoms with van der Waals surface area (Å²) in [5.41, 5.74) is 0. The third-order valence-electron chi connectivity index (χ3n) is 2.29. The molecule has 10 heavy (non-hydrogen) atoms. The predicted octanol–water partition coefficient (Wildman–Crippen LogP) is 1.80. The average Bonchev–Trinajstić information content (AvgIpc) is 1.88. The highest BCUT2D eigenvalue weighted by Crippen LogP contribution is 2.22. The SMILES string of the molecule is CC(C)C1CCCS(=O)C1. The van der Waals surface area contributed by atoms with E-state index >= 15 is 0 Å². The Morgan fingerprint density at radius 2 is 2.20 bits per heavy atom. The van der Waals surface area contributed by atoms with E-state index in [0.29, 0.717) is 0 Å². The Labute approximate surface area is 65.7 Å². The van der Waals surface area contributed by atoms with Crippen molar-refractivity contribution in [1.29, 1.82) is 0 Å². The lowest BCUT2D eigenvalue weighted by Crippen LogP contribution is -2.23. The van der Waals surface area contributed by atoms with E-state index in [1.165, 1.54) is 12.8 Å². The van der Waals surface area contributed by atoms with Crippen LogP contribution in [0.3, 0.4) is 0 Å². The monoisotopic (exact) mass is 160 g/mol. The lowest BCUT2D eigenvalue weighted by Gasteiger charge is -2.24. The lowest BCUT2D eigenvalue weighted by molar-refractivity contribution is 0.384. The van der Waals surface area contributed by atoms with E-state index in [2.05, 4.69) is 13.8 Å². The van der Waals surface area contributed by atoms with Crippen LogP contribution >= 0.6 is 0 Å². The highest BCUT2D eigenvalue weighted by molar-refractivity contribution is 7.85. The molecule has 0 N–H and O–H groups in total. The molecule has 0 saturated carbocycles. The molecular formula is C8H16OS. The highest BCUT2D eigenvalue weighted by atomic mass is 32.2.